The maximum atomic E-state index is 11.2. The molecule has 0 atom stereocenters. The van der Waals surface area contributed by atoms with Crippen molar-refractivity contribution in [3.63, 3.8) is 0 Å². The van der Waals surface area contributed by atoms with Gasteiger partial charge in [0, 0.05) is 23.5 Å². The lowest BCUT2D eigenvalue weighted by Crippen LogP contribution is -2.11. The van der Waals surface area contributed by atoms with Crippen LogP contribution in [0.1, 0.15) is 31.9 Å². The Labute approximate surface area is 91.6 Å². The molecule has 0 aliphatic carbocycles. The van der Waals surface area contributed by atoms with Crippen LogP contribution >= 0.6 is 15.9 Å². The lowest BCUT2D eigenvalue weighted by molar-refractivity contribution is -0.115. The molecule has 1 rings (SSSR count). The van der Waals surface area contributed by atoms with E-state index in [-0.39, 0.29) is 5.91 Å². The lowest BCUT2D eigenvalue weighted by atomic mass is 10.1. The average molecular weight is 260 g/mol. The third-order valence-electron chi connectivity index (χ3n) is 1.81. The minimum atomic E-state index is -0.0244. The maximum Gasteiger partial charge on any atom is 0.226 e. The molecular weight excluding hydrogens is 246 g/mol. The minimum absolute atomic E-state index is 0.0244. The Morgan fingerprint density at radius 2 is 2.43 bits per heavy atom. The van der Waals surface area contributed by atoms with Crippen molar-refractivity contribution in [2.75, 3.05) is 10.6 Å². The summed E-state index contributed by atoms with van der Waals surface area (Å²) in [5.74, 6) is 0.965. The topological polar surface area (TPSA) is 57.8 Å². The molecule has 0 saturated carbocycles. The Kier molecular flexibility index (Phi) is 4.13. The Hall–Kier alpha value is -0.840. The number of hydrogen-bond donors (Lipinski definition) is 2. The van der Waals surface area contributed by atoms with Crippen LogP contribution in [-0.4, -0.2) is 21.4 Å². The lowest BCUT2D eigenvalue weighted by Gasteiger charge is -1.98. The number of halogens is 1. The van der Waals surface area contributed by atoms with E-state index in [0.717, 1.165) is 5.69 Å². The van der Waals surface area contributed by atoms with E-state index in [1.807, 2.05) is 6.07 Å². The summed E-state index contributed by atoms with van der Waals surface area (Å²) in [6.07, 6.45) is 0.462. The van der Waals surface area contributed by atoms with Crippen LogP contribution in [0.15, 0.2) is 6.07 Å². The second kappa shape index (κ2) is 5.14. The first-order chi connectivity index (χ1) is 6.63. The summed E-state index contributed by atoms with van der Waals surface area (Å²) < 4.78 is 0. The normalized spacial score (nSPS) is 10.6. The largest absolute Gasteiger partial charge is 0.309 e. The van der Waals surface area contributed by atoms with Gasteiger partial charge in [-0.1, -0.05) is 29.8 Å². The summed E-state index contributed by atoms with van der Waals surface area (Å²) >= 11 is 3.20. The molecule has 4 nitrogen and oxygen atoms in total. The second-order valence-corrected chi connectivity index (χ2v) is 4.14. The molecule has 14 heavy (non-hydrogen) atoms. The number of nitrogens with one attached hydrogen (secondary N) is 2. The monoisotopic (exact) mass is 259 g/mol. The van der Waals surface area contributed by atoms with Crippen LogP contribution in [-0.2, 0) is 4.79 Å². The Balaban J connectivity index is 2.55. The van der Waals surface area contributed by atoms with Crippen LogP contribution in [0.25, 0.3) is 0 Å². The van der Waals surface area contributed by atoms with Gasteiger partial charge in [-0.25, -0.2) is 0 Å². The van der Waals surface area contributed by atoms with Crippen LogP contribution in [0, 0.1) is 0 Å². The molecule has 2 N–H and O–H groups in total. The summed E-state index contributed by atoms with van der Waals surface area (Å²) in [7, 11) is 0. The highest BCUT2D eigenvalue weighted by Gasteiger charge is 2.06. The van der Waals surface area contributed by atoms with Gasteiger partial charge in [-0.3, -0.25) is 9.89 Å². The van der Waals surface area contributed by atoms with Crippen LogP contribution in [0.4, 0.5) is 5.82 Å². The molecule has 0 aromatic carbocycles. The van der Waals surface area contributed by atoms with Gasteiger partial charge in [-0.2, -0.15) is 5.10 Å². The van der Waals surface area contributed by atoms with Gasteiger partial charge in [-0.05, 0) is 5.92 Å². The molecule has 0 aliphatic rings. The number of amides is 1. The van der Waals surface area contributed by atoms with E-state index in [1.54, 1.807) is 0 Å². The first-order valence-electron chi connectivity index (χ1n) is 4.54. The van der Waals surface area contributed by atoms with Crippen molar-refractivity contribution in [2.24, 2.45) is 0 Å². The zero-order valence-corrected chi connectivity index (χ0v) is 9.89. The number of hydrogen-bond acceptors (Lipinski definition) is 2. The molecular formula is C9H14BrN3O. The van der Waals surface area contributed by atoms with Gasteiger partial charge in [-0.15, -0.1) is 0 Å². The van der Waals surface area contributed by atoms with Gasteiger partial charge in [0.1, 0.15) is 0 Å². The number of anilines is 1. The second-order valence-electron chi connectivity index (χ2n) is 3.35. The molecule has 0 saturated heterocycles. The third kappa shape index (κ3) is 3.14. The number of carbonyl (C=O) groups is 1. The van der Waals surface area contributed by atoms with Gasteiger partial charge in [0.2, 0.25) is 5.91 Å². The van der Waals surface area contributed by atoms with E-state index in [0.29, 0.717) is 23.5 Å². The highest BCUT2D eigenvalue weighted by Crippen LogP contribution is 2.14. The zero-order valence-electron chi connectivity index (χ0n) is 8.30. The molecule has 0 fully saturated rings. The number of alkyl halides is 1. The van der Waals surface area contributed by atoms with Crippen molar-refractivity contribution in [3.8, 4) is 0 Å². The van der Waals surface area contributed by atoms with Crippen molar-refractivity contribution in [1.82, 2.24) is 10.2 Å². The standard InChI is InChI=1S/C9H14BrN3O/c1-6(2)7-5-8(13-12-7)11-9(14)3-4-10/h5-6H,3-4H2,1-2H3,(H2,11,12,13,14). The van der Waals surface area contributed by atoms with E-state index in [1.165, 1.54) is 0 Å². The van der Waals surface area contributed by atoms with Crippen LogP contribution in [0.3, 0.4) is 0 Å². The van der Waals surface area contributed by atoms with E-state index in [4.69, 9.17) is 0 Å². The predicted molar refractivity (Wildman–Crippen MR) is 59.7 cm³/mol. The average Bonchev–Trinajstić information content (AvgIpc) is 2.53. The summed E-state index contributed by atoms with van der Waals surface area (Å²) in [6, 6.07) is 1.86. The number of aromatic amines is 1. The highest BCUT2D eigenvalue weighted by atomic mass is 79.9. The molecule has 0 aliphatic heterocycles. The fourth-order valence-corrected chi connectivity index (χ4v) is 1.35. The van der Waals surface area contributed by atoms with Crippen LogP contribution < -0.4 is 5.32 Å². The first-order valence-corrected chi connectivity index (χ1v) is 5.66. The van der Waals surface area contributed by atoms with Gasteiger partial charge >= 0.3 is 0 Å². The summed E-state index contributed by atoms with van der Waals surface area (Å²) in [6.45, 7) is 4.13. The number of carbonyl (C=O) groups excluding carboxylic acids is 1. The van der Waals surface area contributed by atoms with Crippen molar-refractivity contribution in [2.45, 2.75) is 26.2 Å². The van der Waals surface area contributed by atoms with Crippen molar-refractivity contribution < 1.29 is 4.79 Å². The number of aromatic nitrogens is 2. The Morgan fingerprint density at radius 1 is 1.71 bits per heavy atom. The fraction of sp³-hybridized carbons (Fsp3) is 0.556. The van der Waals surface area contributed by atoms with E-state index >= 15 is 0 Å². The zero-order chi connectivity index (χ0) is 10.6. The molecule has 0 spiro atoms. The predicted octanol–water partition coefficient (Wildman–Crippen LogP) is 2.26. The molecule has 1 amide bonds. The Bertz CT molecular complexity index is 309. The fourth-order valence-electron chi connectivity index (χ4n) is 0.988. The van der Waals surface area contributed by atoms with Crippen LogP contribution in [0.2, 0.25) is 0 Å². The van der Waals surface area contributed by atoms with Gasteiger partial charge < -0.3 is 5.32 Å². The third-order valence-corrected chi connectivity index (χ3v) is 2.21. The van der Waals surface area contributed by atoms with E-state index < -0.39 is 0 Å². The van der Waals surface area contributed by atoms with Gasteiger partial charge in [0.15, 0.2) is 5.82 Å². The highest BCUT2D eigenvalue weighted by molar-refractivity contribution is 9.09. The van der Waals surface area contributed by atoms with Gasteiger partial charge in [0.05, 0.1) is 0 Å². The van der Waals surface area contributed by atoms with E-state index in [9.17, 15) is 4.79 Å². The molecule has 1 heterocycles. The van der Waals surface area contributed by atoms with Crippen LogP contribution in [0.5, 0.6) is 0 Å². The smallest absolute Gasteiger partial charge is 0.226 e. The Morgan fingerprint density at radius 3 is 2.93 bits per heavy atom. The molecule has 78 valence electrons. The molecule has 0 unspecified atom stereocenters. The van der Waals surface area contributed by atoms with E-state index in [2.05, 4.69) is 45.3 Å². The van der Waals surface area contributed by atoms with Crippen molar-refractivity contribution in [1.29, 1.82) is 0 Å². The number of rotatable bonds is 4. The van der Waals surface area contributed by atoms with Gasteiger partial charge in [0.25, 0.3) is 0 Å². The number of H-pyrrole nitrogens is 1. The maximum absolute atomic E-state index is 11.2. The number of nitrogens with zero attached hydrogens (tertiary/aromatic N) is 1. The first kappa shape index (κ1) is 11.2. The quantitative estimate of drug-likeness (QED) is 0.816. The summed E-state index contributed by atoms with van der Waals surface area (Å²) in [5, 5.41) is 10.2. The molecule has 1 aromatic heterocycles. The summed E-state index contributed by atoms with van der Waals surface area (Å²) in [4.78, 5) is 11.2. The molecule has 5 heteroatoms. The van der Waals surface area contributed by atoms with Crippen molar-refractivity contribution in [3.05, 3.63) is 11.8 Å². The van der Waals surface area contributed by atoms with Crippen molar-refractivity contribution >= 4 is 27.7 Å². The SMILES string of the molecule is CC(C)c1cc(NC(=O)CCBr)n[nH]1. The minimum Gasteiger partial charge on any atom is -0.309 e. The molecule has 1 aromatic rings. The molecule has 0 radical (unpaired) electrons. The summed E-state index contributed by atoms with van der Waals surface area (Å²) in [5.41, 5.74) is 1.03. The molecule has 0 bridgehead atoms.